The Kier molecular flexibility index (Phi) is 4.14. The van der Waals surface area contributed by atoms with Crippen LogP contribution in [0.3, 0.4) is 0 Å². The van der Waals surface area contributed by atoms with Crippen LogP contribution in [0.2, 0.25) is 0 Å². The average Bonchev–Trinajstić information content (AvgIpc) is 2.47. The van der Waals surface area contributed by atoms with Gasteiger partial charge in [-0.3, -0.25) is 0 Å². The minimum atomic E-state index is -0.137. The van der Waals surface area contributed by atoms with Gasteiger partial charge in [-0.2, -0.15) is 0 Å². The highest BCUT2D eigenvalue weighted by Gasteiger charge is 2.58. The molecule has 2 atom stereocenters. The zero-order chi connectivity index (χ0) is 15.7. The smallest absolute Gasteiger partial charge is 0.193 e. The number of nitrogens with two attached hydrogens (primary N) is 1. The fourth-order valence-corrected chi connectivity index (χ4v) is 2.68. The number of guanidine groups is 1. The van der Waals surface area contributed by atoms with Gasteiger partial charge in [0.1, 0.15) is 5.75 Å². The van der Waals surface area contributed by atoms with E-state index in [1.54, 1.807) is 14.2 Å². The van der Waals surface area contributed by atoms with E-state index in [9.17, 15) is 0 Å². The molecule has 1 aliphatic carbocycles. The molecule has 1 aromatic carbocycles. The summed E-state index contributed by atoms with van der Waals surface area (Å²) in [6.45, 7) is 6.44. The molecule has 116 valence electrons. The normalized spacial score (nSPS) is 27.9. The number of nitrogens with zero attached hydrogens (tertiary/aromatic N) is 1. The first-order chi connectivity index (χ1) is 9.82. The van der Waals surface area contributed by atoms with Gasteiger partial charge in [0.2, 0.25) is 0 Å². The number of nitrogens with one attached hydrogen (secondary N) is 1. The third kappa shape index (κ3) is 2.83. The Morgan fingerprint density at radius 2 is 1.86 bits per heavy atom. The zero-order valence-electron chi connectivity index (χ0n) is 13.4. The van der Waals surface area contributed by atoms with Crippen molar-refractivity contribution in [3.63, 3.8) is 0 Å². The fraction of sp³-hybridized carbons (Fsp3) is 0.562. The molecule has 1 aromatic rings. The first-order valence-corrected chi connectivity index (χ1v) is 7.12. The molecular weight excluding hydrogens is 266 g/mol. The van der Waals surface area contributed by atoms with Crippen LogP contribution >= 0.6 is 0 Å². The summed E-state index contributed by atoms with van der Waals surface area (Å²) < 4.78 is 10.7. The maximum Gasteiger partial charge on any atom is 0.193 e. The Labute approximate surface area is 126 Å². The number of hydrogen-bond donors (Lipinski definition) is 2. The van der Waals surface area contributed by atoms with Crippen molar-refractivity contribution < 1.29 is 9.47 Å². The number of hydrogen-bond acceptors (Lipinski definition) is 3. The minimum absolute atomic E-state index is 0.0338. The van der Waals surface area contributed by atoms with E-state index in [0.29, 0.717) is 5.96 Å². The Hall–Kier alpha value is -1.75. The summed E-state index contributed by atoms with van der Waals surface area (Å²) >= 11 is 0. The van der Waals surface area contributed by atoms with E-state index in [2.05, 4.69) is 31.1 Å². The highest BCUT2D eigenvalue weighted by molar-refractivity contribution is 5.92. The Morgan fingerprint density at radius 1 is 1.24 bits per heavy atom. The van der Waals surface area contributed by atoms with Gasteiger partial charge in [0.25, 0.3) is 0 Å². The second-order valence-electron chi connectivity index (χ2n) is 6.24. The molecule has 0 aromatic heterocycles. The molecule has 2 rings (SSSR count). The molecular formula is C16H25N3O2. The predicted molar refractivity (Wildman–Crippen MR) is 85.8 cm³/mol. The van der Waals surface area contributed by atoms with Gasteiger partial charge in [-0.25, -0.2) is 4.99 Å². The monoisotopic (exact) mass is 291 g/mol. The lowest BCUT2D eigenvalue weighted by Crippen LogP contribution is -2.62. The van der Waals surface area contributed by atoms with Gasteiger partial charge < -0.3 is 20.5 Å². The van der Waals surface area contributed by atoms with Crippen LogP contribution in [-0.4, -0.2) is 31.8 Å². The quantitative estimate of drug-likeness (QED) is 0.661. The number of aliphatic imine (C=N–C) groups is 1. The molecule has 5 heteroatoms. The van der Waals surface area contributed by atoms with E-state index in [4.69, 9.17) is 15.2 Å². The van der Waals surface area contributed by atoms with Crippen molar-refractivity contribution in [1.82, 2.24) is 0 Å². The summed E-state index contributed by atoms with van der Waals surface area (Å²) in [6, 6.07) is 7.74. The molecule has 1 saturated carbocycles. The van der Waals surface area contributed by atoms with Gasteiger partial charge in [-0.05, 0) is 37.6 Å². The van der Waals surface area contributed by atoms with Crippen molar-refractivity contribution in [2.24, 2.45) is 16.1 Å². The van der Waals surface area contributed by atoms with Crippen LogP contribution in [0.4, 0.5) is 5.69 Å². The molecule has 0 saturated heterocycles. The van der Waals surface area contributed by atoms with E-state index in [-0.39, 0.29) is 17.1 Å². The molecule has 0 spiro atoms. The molecule has 0 radical (unpaired) electrons. The summed E-state index contributed by atoms with van der Waals surface area (Å²) in [7, 11) is 3.39. The van der Waals surface area contributed by atoms with Gasteiger partial charge in [-0.15, -0.1) is 0 Å². The van der Waals surface area contributed by atoms with Crippen LogP contribution in [0, 0.1) is 5.41 Å². The molecule has 5 nitrogen and oxygen atoms in total. The molecule has 2 unspecified atom stereocenters. The first-order valence-electron chi connectivity index (χ1n) is 7.12. The lowest BCUT2D eigenvalue weighted by atomic mass is 9.56. The third-order valence-electron chi connectivity index (χ3n) is 4.89. The first kappa shape index (κ1) is 15.6. The highest BCUT2D eigenvalue weighted by atomic mass is 16.5. The van der Waals surface area contributed by atoms with Gasteiger partial charge in [0.05, 0.1) is 18.8 Å². The molecule has 0 heterocycles. The summed E-state index contributed by atoms with van der Waals surface area (Å²) in [5.41, 5.74) is 6.73. The van der Waals surface area contributed by atoms with Crippen LogP contribution < -0.4 is 15.8 Å². The van der Waals surface area contributed by atoms with Gasteiger partial charge in [0, 0.05) is 18.2 Å². The van der Waals surface area contributed by atoms with Crippen molar-refractivity contribution in [1.29, 1.82) is 0 Å². The summed E-state index contributed by atoms with van der Waals surface area (Å²) in [5, 5.41) is 3.11. The number of benzene rings is 1. The third-order valence-corrected chi connectivity index (χ3v) is 4.89. The zero-order valence-corrected chi connectivity index (χ0v) is 13.4. The Bertz CT molecular complexity index is 525. The number of ether oxygens (including phenoxy) is 2. The maximum atomic E-state index is 6.00. The van der Waals surface area contributed by atoms with E-state index < -0.39 is 0 Å². The average molecular weight is 291 g/mol. The van der Waals surface area contributed by atoms with E-state index in [1.165, 1.54) is 0 Å². The van der Waals surface area contributed by atoms with Crippen LogP contribution in [-0.2, 0) is 4.74 Å². The molecule has 0 bridgehead atoms. The van der Waals surface area contributed by atoms with Crippen molar-refractivity contribution in [3.8, 4) is 5.75 Å². The van der Waals surface area contributed by atoms with Gasteiger partial charge in [0.15, 0.2) is 5.96 Å². The summed E-state index contributed by atoms with van der Waals surface area (Å²) in [5.74, 6) is 1.24. The van der Waals surface area contributed by atoms with E-state index in [0.717, 1.165) is 17.9 Å². The molecule has 3 N–H and O–H groups in total. The van der Waals surface area contributed by atoms with Gasteiger partial charge >= 0.3 is 0 Å². The van der Waals surface area contributed by atoms with E-state index >= 15 is 0 Å². The predicted octanol–water partition coefficient (Wildman–Crippen LogP) is 2.63. The van der Waals surface area contributed by atoms with Crippen LogP contribution in [0.5, 0.6) is 5.75 Å². The van der Waals surface area contributed by atoms with Crippen molar-refractivity contribution >= 4 is 11.6 Å². The topological polar surface area (TPSA) is 68.9 Å². The lowest BCUT2D eigenvalue weighted by Gasteiger charge is -2.57. The molecule has 1 fully saturated rings. The largest absolute Gasteiger partial charge is 0.497 e. The lowest BCUT2D eigenvalue weighted by molar-refractivity contribution is -0.171. The second-order valence-corrected chi connectivity index (χ2v) is 6.24. The molecule has 1 aliphatic rings. The standard InChI is InChI=1S/C16H25N3O2/c1-15(2)13(10-16(15,3)21-5)19-14(17)18-11-6-8-12(20-4)9-7-11/h6-9,13H,10H2,1-5H3,(H3,17,18,19). The highest BCUT2D eigenvalue weighted by Crippen LogP contribution is 2.53. The number of anilines is 1. The Morgan fingerprint density at radius 3 is 2.33 bits per heavy atom. The van der Waals surface area contributed by atoms with Crippen LogP contribution in [0.15, 0.2) is 29.3 Å². The van der Waals surface area contributed by atoms with Crippen molar-refractivity contribution in [2.75, 3.05) is 19.5 Å². The van der Waals surface area contributed by atoms with Gasteiger partial charge in [-0.1, -0.05) is 13.8 Å². The number of methoxy groups -OCH3 is 2. The second kappa shape index (κ2) is 5.56. The van der Waals surface area contributed by atoms with Crippen LogP contribution in [0.25, 0.3) is 0 Å². The molecule has 0 amide bonds. The SMILES string of the molecule is COc1ccc(NC(N)=NC2CC(C)(OC)C2(C)C)cc1. The maximum absolute atomic E-state index is 6.00. The summed E-state index contributed by atoms with van der Waals surface area (Å²) in [4.78, 5) is 4.59. The fourth-order valence-electron chi connectivity index (χ4n) is 2.68. The molecule has 0 aliphatic heterocycles. The van der Waals surface area contributed by atoms with Crippen molar-refractivity contribution in [3.05, 3.63) is 24.3 Å². The summed E-state index contributed by atoms with van der Waals surface area (Å²) in [6.07, 6.45) is 0.876. The van der Waals surface area contributed by atoms with Crippen LogP contribution in [0.1, 0.15) is 27.2 Å². The Balaban J connectivity index is 2.02. The molecule has 21 heavy (non-hydrogen) atoms. The van der Waals surface area contributed by atoms with Crippen molar-refractivity contribution in [2.45, 2.75) is 38.8 Å². The van der Waals surface area contributed by atoms with E-state index in [1.807, 2.05) is 24.3 Å². The minimum Gasteiger partial charge on any atom is -0.497 e. The number of rotatable bonds is 4.